The summed E-state index contributed by atoms with van der Waals surface area (Å²) in [7, 11) is 0. The molecule has 8 heteroatoms. The summed E-state index contributed by atoms with van der Waals surface area (Å²) in [6.07, 6.45) is -4.90. The second kappa shape index (κ2) is 8.71. The third-order valence-corrected chi connectivity index (χ3v) is 4.47. The van der Waals surface area contributed by atoms with Gasteiger partial charge in [-0.05, 0) is 35.7 Å². The first-order chi connectivity index (χ1) is 12.4. The summed E-state index contributed by atoms with van der Waals surface area (Å²) in [5, 5.41) is 5.41. The molecule has 0 spiro atoms. The molecular weight excluding hydrogens is 384 g/mol. The van der Waals surface area contributed by atoms with Gasteiger partial charge in [0, 0.05) is 13.0 Å². The third-order valence-electron chi connectivity index (χ3n) is 4.47. The number of benzene rings is 2. The van der Waals surface area contributed by atoms with Gasteiger partial charge >= 0.3 is 6.18 Å². The summed E-state index contributed by atoms with van der Waals surface area (Å²) >= 11 is 0. The monoisotopic (exact) mass is 402 g/mol. The highest BCUT2D eigenvalue weighted by Gasteiger charge is 2.41. The molecule has 1 unspecified atom stereocenters. The first-order valence-electron chi connectivity index (χ1n) is 8.28. The molecule has 0 fully saturated rings. The van der Waals surface area contributed by atoms with Gasteiger partial charge < -0.3 is 10.6 Å². The maximum absolute atomic E-state index is 14.5. The molecular formula is C19H19ClF4N2O. The number of alkyl halides is 3. The fourth-order valence-corrected chi connectivity index (χ4v) is 3.12. The van der Waals surface area contributed by atoms with E-state index >= 15 is 0 Å². The Morgan fingerprint density at radius 3 is 2.52 bits per heavy atom. The molecule has 1 atom stereocenters. The molecule has 0 bridgehead atoms. The van der Waals surface area contributed by atoms with E-state index in [0.29, 0.717) is 25.1 Å². The van der Waals surface area contributed by atoms with Crippen molar-refractivity contribution in [1.29, 1.82) is 0 Å². The lowest BCUT2D eigenvalue weighted by Gasteiger charge is -2.22. The Balaban J connectivity index is 0.00000261. The molecule has 0 saturated heterocycles. The van der Waals surface area contributed by atoms with Gasteiger partial charge in [-0.1, -0.05) is 36.4 Å². The van der Waals surface area contributed by atoms with E-state index in [0.717, 1.165) is 5.56 Å². The predicted molar refractivity (Wildman–Crippen MR) is 97.5 cm³/mol. The Morgan fingerprint density at radius 1 is 1.15 bits per heavy atom. The lowest BCUT2D eigenvalue weighted by Crippen LogP contribution is -2.27. The van der Waals surface area contributed by atoms with E-state index in [1.165, 1.54) is 30.3 Å². The van der Waals surface area contributed by atoms with E-state index in [9.17, 15) is 22.4 Å². The number of carbonyl (C=O) groups is 1. The highest BCUT2D eigenvalue weighted by Crippen LogP contribution is 2.37. The molecule has 27 heavy (non-hydrogen) atoms. The summed E-state index contributed by atoms with van der Waals surface area (Å²) in [4.78, 5) is 12.2. The minimum atomic E-state index is -4.57. The molecule has 1 amide bonds. The van der Waals surface area contributed by atoms with Crippen molar-refractivity contribution in [3.05, 3.63) is 65.0 Å². The highest BCUT2D eigenvalue weighted by atomic mass is 35.5. The van der Waals surface area contributed by atoms with Crippen molar-refractivity contribution < 1.29 is 22.4 Å². The Morgan fingerprint density at radius 2 is 1.85 bits per heavy atom. The molecule has 3 rings (SSSR count). The minimum Gasteiger partial charge on any atom is -0.324 e. The highest BCUT2D eigenvalue weighted by molar-refractivity contribution is 5.91. The lowest BCUT2D eigenvalue weighted by molar-refractivity contribution is -0.155. The van der Waals surface area contributed by atoms with Crippen LogP contribution in [0.1, 0.15) is 29.0 Å². The molecule has 1 heterocycles. The van der Waals surface area contributed by atoms with Gasteiger partial charge in [-0.3, -0.25) is 4.79 Å². The number of nitrogens with one attached hydrogen (secondary N) is 2. The number of hydrogen-bond donors (Lipinski definition) is 2. The van der Waals surface area contributed by atoms with E-state index in [2.05, 4.69) is 10.6 Å². The molecule has 0 aromatic heterocycles. The number of rotatable bonds is 4. The summed E-state index contributed by atoms with van der Waals surface area (Å²) < 4.78 is 54.6. The van der Waals surface area contributed by atoms with E-state index < -0.39 is 30.2 Å². The fourth-order valence-electron chi connectivity index (χ4n) is 3.12. The normalized spacial score (nSPS) is 14.7. The van der Waals surface area contributed by atoms with E-state index in [1.807, 2.05) is 0 Å². The molecule has 0 saturated carbocycles. The second-order valence-electron chi connectivity index (χ2n) is 6.25. The standard InChI is InChI=1S/C19H18F4N2O.ClH/c20-18-14-8-9-24-11-13(14)6-7-16(18)25-17(26)10-15(19(21,22)23)12-4-2-1-3-5-12;/h1-7,15,24H,8-11H2,(H,25,26);1H. The van der Waals surface area contributed by atoms with Crippen LogP contribution in [0.5, 0.6) is 0 Å². The van der Waals surface area contributed by atoms with Crippen LogP contribution in [0.2, 0.25) is 0 Å². The largest absolute Gasteiger partial charge is 0.396 e. The van der Waals surface area contributed by atoms with Gasteiger partial charge in [0.2, 0.25) is 5.91 Å². The second-order valence-corrected chi connectivity index (χ2v) is 6.25. The average Bonchev–Trinajstić information content (AvgIpc) is 2.62. The van der Waals surface area contributed by atoms with Gasteiger partial charge in [0.05, 0.1) is 11.6 Å². The van der Waals surface area contributed by atoms with Crippen LogP contribution in [0.3, 0.4) is 0 Å². The van der Waals surface area contributed by atoms with E-state index in [1.54, 1.807) is 12.1 Å². The zero-order valence-corrected chi connectivity index (χ0v) is 15.1. The molecule has 2 aromatic carbocycles. The quantitative estimate of drug-likeness (QED) is 0.736. The van der Waals surface area contributed by atoms with E-state index in [-0.39, 0.29) is 23.7 Å². The van der Waals surface area contributed by atoms with Crippen LogP contribution in [0, 0.1) is 5.82 Å². The zero-order chi connectivity index (χ0) is 18.7. The maximum Gasteiger partial charge on any atom is 0.396 e. The van der Waals surface area contributed by atoms with Gasteiger partial charge in [-0.25, -0.2) is 4.39 Å². The number of amides is 1. The van der Waals surface area contributed by atoms with Crippen molar-refractivity contribution in [2.24, 2.45) is 0 Å². The van der Waals surface area contributed by atoms with Crippen LogP contribution >= 0.6 is 12.4 Å². The zero-order valence-electron chi connectivity index (χ0n) is 14.3. The number of anilines is 1. The Kier molecular flexibility index (Phi) is 6.84. The van der Waals surface area contributed by atoms with Gasteiger partial charge in [0.25, 0.3) is 0 Å². The van der Waals surface area contributed by atoms with Gasteiger partial charge in [-0.2, -0.15) is 13.2 Å². The molecule has 3 nitrogen and oxygen atoms in total. The van der Waals surface area contributed by atoms with Crippen molar-refractivity contribution in [3.8, 4) is 0 Å². The molecule has 0 aliphatic carbocycles. The van der Waals surface area contributed by atoms with Gasteiger partial charge in [-0.15, -0.1) is 12.4 Å². The summed E-state index contributed by atoms with van der Waals surface area (Å²) in [6.45, 7) is 1.15. The van der Waals surface area contributed by atoms with E-state index in [4.69, 9.17) is 0 Å². The fraction of sp³-hybridized carbons (Fsp3) is 0.316. The van der Waals surface area contributed by atoms with Gasteiger partial charge in [0.15, 0.2) is 0 Å². The predicted octanol–water partition coefficient (Wildman–Crippen LogP) is 4.57. The van der Waals surface area contributed by atoms with Crippen LogP contribution in [0.25, 0.3) is 0 Å². The average molecular weight is 403 g/mol. The first-order valence-corrected chi connectivity index (χ1v) is 8.28. The van der Waals surface area contributed by atoms with Crippen molar-refractivity contribution in [2.75, 3.05) is 11.9 Å². The topological polar surface area (TPSA) is 41.1 Å². The summed E-state index contributed by atoms with van der Waals surface area (Å²) in [5.74, 6) is -3.38. The Hall–Kier alpha value is -2.12. The smallest absolute Gasteiger partial charge is 0.324 e. The molecule has 2 aromatic rings. The maximum atomic E-state index is 14.5. The van der Waals surface area contributed by atoms with Crippen molar-refractivity contribution >= 4 is 24.0 Å². The molecule has 1 aliphatic rings. The SMILES string of the molecule is Cl.O=C(CC(c1ccccc1)C(F)(F)F)Nc1ccc2c(c1F)CCNC2. The first kappa shape index (κ1) is 21.2. The van der Waals surface area contributed by atoms with Crippen LogP contribution in [0.4, 0.5) is 23.2 Å². The lowest BCUT2D eigenvalue weighted by atomic mass is 9.94. The third kappa shape index (κ3) is 4.99. The Bertz CT molecular complexity index is 796. The Labute approximate surface area is 160 Å². The van der Waals surface area contributed by atoms with Crippen molar-refractivity contribution in [2.45, 2.75) is 31.5 Å². The minimum absolute atomic E-state index is 0. The summed E-state index contributed by atoms with van der Waals surface area (Å²) in [5.41, 5.74) is 1.22. The van der Waals surface area contributed by atoms with Crippen molar-refractivity contribution in [1.82, 2.24) is 5.32 Å². The summed E-state index contributed by atoms with van der Waals surface area (Å²) in [6, 6.07) is 10.3. The van der Waals surface area contributed by atoms with Crippen LogP contribution < -0.4 is 10.6 Å². The number of carbonyl (C=O) groups excluding carboxylic acids is 1. The van der Waals surface area contributed by atoms with Crippen LogP contribution in [0.15, 0.2) is 42.5 Å². The molecule has 146 valence electrons. The van der Waals surface area contributed by atoms with Gasteiger partial charge in [0.1, 0.15) is 5.82 Å². The number of hydrogen-bond acceptors (Lipinski definition) is 2. The molecule has 0 radical (unpaired) electrons. The molecule has 2 N–H and O–H groups in total. The van der Waals surface area contributed by atoms with Crippen molar-refractivity contribution in [3.63, 3.8) is 0 Å². The number of fused-ring (bicyclic) bond motifs is 1. The number of halogens is 5. The van der Waals surface area contributed by atoms with Crippen LogP contribution in [-0.4, -0.2) is 18.6 Å². The van der Waals surface area contributed by atoms with Crippen LogP contribution in [-0.2, 0) is 17.8 Å². The molecule has 1 aliphatic heterocycles.